The van der Waals surface area contributed by atoms with Crippen molar-refractivity contribution in [3.8, 4) is 34.0 Å². The van der Waals surface area contributed by atoms with Gasteiger partial charge < -0.3 is 20.5 Å². The maximum Gasteiger partial charge on any atom is 0.248 e. The van der Waals surface area contributed by atoms with Crippen molar-refractivity contribution < 1.29 is 19.1 Å². The summed E-state index contributed by atoms with van der Waals surface area (Å²) in [5, 5.41) is 11.4. The van der Waals surface area contributed by atoms with E-state index in [2.05, 4.69) is 15.5 Å². The van der Waals surface area contributed by atoms with Crippen molar-refractivity contribution in [3.63, 3.8) is 0 Å². The number of carbonyl (C=O) groups excluding carboxylic acids is 2. The third-order valence-electron chi connectivity index (χ3n) is 5.48. The van der Waals surface area contributed by atoms with E-state index in [1.807, 2.05) is 48.5 Å². The van der Waals surface area contributed by atoms with Crippen LogP contribution < -0.4 is 20.5 Å². The average molecular weight is 516 g/mol. The number of carbonyl (C=O) groups is 2. The van der Waals surface area contributed by atoms with Gasteiger partial charge in [0, 0.05) is 22.4 Å². The number of aromatic nitrogens is 3. The Morgan fingerprint density at radius 2 is 1.35 bits per heavy atom. The van der Waals surface area contributed by atoms with E-state index in [0.717, 1.165) is 22.6 Å². The van der Waals surface area contributed by atoms with Gasteiger partial charge in [-0.25, -0.2) is 4.98 Å². The minimum atomic E-state index is -0.530. The monoisotopic (exact) mass is 515 g/mol. The van der Waals surface area contributed by atoms with E-state index in [0.29, 0.717) is 27.8 Å². The van der Waals surface area contributed by atoms with Gasteiger partial charge in [-0.1, -0.05) is 11.8 Å². The van der Waals surface area contributed by atoms with E-state index >= 15 is 0 Å². The fourth-order valence-corrected chi connectivity index (χ4v) is 4.14. The zero-order valence-corrected chi connectivity index (χ0v) is 21.3. The van der Waals surface area contributed by atoms with Gasteiger partial charge in [0.2, 0.25) is 17.0 Å². The molecule has 9 nitrogen and oxygen atoms in total. The zero-order chi connectivity index (χ0) is 26.4. The van der Waals surface area contributed by atoms with E-state index in [1.54, 1.807) is 45.4 Å². The lowest BCUT2D eigenvalue weighted by Gasteiger charge is -2.13. The molecule has 0 bridgehead atoms. The standard InChI is InChI=1S/C27H25N5O4S/c1-16(26(34)29-20-10-4-19(5-11-20)25(28)33)37-27-30-23(17-6-12-21(35-2)13-7-17)24(31-32-27)18-8-14-22(36-3)15-9-18/h4-16H,1-3H3,(H2,28,33)(H,29,34). The van der Waals surface area contributed by atoms with Gasteiger partial charge in [-0.05, 0) is 79.7 Å². The van der Waals surface area contributed by atoms with Crippen molar-refractivity contribution in [2.45, 2.75) is 17.3 Å². The Kier molecular flexibility index (Phi) is 7.99. The Labute approximate surface area is 218 Å². The number of ether oxygens (including phenoxy) is 2. The van der Waals surface area contributed by atoms with Gasteiger partial charge in [0.05, 0.1) is 19.5 Å². The fourth-order valence-electron chi connectivity index (χ4n) is 3.43. The molecular weight excluding hydrogens is 490 g/mol. The highest BCUT2D eigenvalue weighted by Gasteiger charge is 2.20. The Balaban J connectivity index is 1.59. The van der Waals surface area contributed by atoms with Crippen LogP contribution in [0.5, 0.6) is 11.5 Å². The number of amides is 2. The van der Waals surface area contributed by atoms with E-state index in [9.17, 15) is 9.59 Å². The van der Waals surface area contributed by atoms with Gasteiger partial charge in [0.15, 0.2) is 0 Å². The maximum atomic E-state index is 12.8. The van der Waals surface area contributed by atoms with Gasteiger partial charge in [0.25, 0.3) is 0 Å². The number of benzene rings is 3. The molecule has 0 aliphatic heterocycles. The Morgan fingerprint density at radius 3 is 1.86 bits per heavy atom. The molecule has 0 spiro atoms. The molecule has 1 heterocycles. The van der Waals surface area contributed by atoms with Crippen molar-refractivity contribution in [2.75, 3.05) is 19.5 Å². The predicted molar refractivity (Wildman–Crippen MR) is 143 cm³/mol. The molecule has 3 aromatic carbocycles. The zero-order valence-electron chi connectivity index (χ0n) is 20.5. The molecule has 0 fully saturated rings. The topological polar surface area (TPSA) is 129 Å². The second-order valence-electron chi connectivity index (χ2n) is 7.94. The van der Waals surface area contributed by atoms with Crippen LogP contribution in [0.2, 0.25) is 0 Å². The molecule has 3 N–H and O–H groups in total. The molecule has 0 saturated heterocycles. The summed E-state index contributed by atoms with van der Waals surface area (Å²) in [6, 6.07) is 21.3. The molecule has 0 aliphatic carbocycles. The Bertz CT molecular complexity index is 1390. The van der Waals surface area contributed by atoms with Gasteiger partial charge in [-0.3, -0.25) is 9.59 Å². The van der Waals surface area contributed by atoms with Crippen LogP contribution >= 0.6 is 11.8 Å². The summed E-state index contributed by atoms with van der Waals surface area (Å²) in [7, 11) is 3.22. The molecule has 0 saturated carbocycles. The lowest BCUT2D eigenvalue weighted by molar-refractivity contribution is -0.115. The van der Waals surface area contributed by atoms with Crippen LogP contribution in [-0.2, 0) is 4.79 Å². The molecular formula is C27H25N5O4S. The minimum absolute atomic E-state index is 0.245. The largest absolute Gasteiger partial charge is 0.497 e. The average Bonchev–Trinajstić information content (AvgIpc) is 2.93. The highest BCUT2D eigenvalue weighted by molar-refractivity contribution is 8.00. The van der Waals surface area contributed by atoms with Crippen LogP contribution in [0.1, 0.15) is 17.3 Å². The molecule has 1 unspecified atom stereocenters. The quantitative estimate of drug-likeness (QED) is 0.313. The molecule has 10 heteroatoms. The van der Waals surface area contributed by atoms with Crippen LogP contribution in [-0.4, -0.2) is 46.5 Å². The van der Waals surface area contributed by atoms with Crippen molar-refractivity contribution in [3.05, 3.63) is 78.4 Å². The van der Waals surface area contributed by atoms with Crippen LogP contribution in [0.25, 0.3) is 22.5 Å². The first-order valence-corrected chi connectivity index (χ1v) is 12.2. The third kappa shape index (κ3) is 6.22. The van der Waals surface area contributed by atoms with Gasteiger partial charge >= 0.3 is 0 Å². The highest BCUT2D eigenvalue weighted by atomic mass is 32.2. The van der Waals surface area contributed by atoms with Crippen LogP contribution in [0.4, 0.5) is 5.69 Å². The number of hydrogen-bond acceptors (Lipinski definition) is 8. The second-order valence-corrected chi connectivity index (χ2v) is 9.25. The molecule has 1 aromatic heterocycles. The predicted octanol–water partition coefficient (Wildman–Crippen LogP) is 4.44. The summed E-state index contributed by atoms with van der Waals surface area (Å²) in [5.74, 6) is 0.676. The summed E-state index contributed by atoms with van der Waals surface area (Å²) in [6.45, 7) is 1.76. The Hall–Kier alpha value is -4.44. The van der Waals surface area contributed by atoms with Gasteiger partial charge in [-0.15, -0.1) is 10.2 Å². The molecule has 4 rings (SSSR count). The molecule has 0 radical (unpaired) electrons. The molecule has 4 aromatic rings. The number of methoxy groups -OCH3 is 2. The summed E-state index contributed by atoms with van der Waals surface area (Å²) >= 11 is 1.19. The number of anilines is 1. The number of primary amides is 1. The number of nitrogens with zero attached hydrogens (tertiary/aromatic N) is 3. The number of hydrogen-bond donors (Lipinski definition) is 2. The summed E-state index contributed by atoms with van der Waals surface area (Å²) in [6.07, 6.45) is 0. The van der Waals surface area contributed by atoms with Crippen molar-refractivity contribution in [1.82, 2.24) is 15.2 Å². The molecule has 188 valence electrons. The number of nitrogens with one attached hydrogen (secondary N) is 1. The smallest absolute Gasteiger partial charge is 0.248 e. The SMILES string of the molecule is COc1ccc(-c2nnc(SC(C)C(=O)Nc3ccc(C(N)=O)cc3)nc2-c2ccc(OC)cc2)cc1. The molecule has 1 atom stereocenters. The lowest BCUT2D eigenvalue weighted by atomic mass is 10.0. The van der Waals surface area contributed by atoms with Crippen molar-refractivity contribution >= 4 is 29.3 Å². The van der Waals surface area contributed by atoms with Crippen LogP contribution in [0, 0.1) is 0 Å². The first-order chi connectivity index (χ1) is 17.9. The van der Waals surface area contributed by atoms with Crippen LogP contribution in [0.15, 0.2) is 78.0 Å². The highest BCUT2D eigenvalue weighted by Crippen LogP contribution is 2.32. The van der Waals surface area contributed by atoms with Crippen molar-refractivity contribution in [1.29, 1.82) is 0 Å². The molecule has 37 heavy (non-hydrogen) atoms. The van der Waals surface area contributed by atoms with E-state index < -0.39 is 11.2 Å². The second kappa shape index (κ2) is 11.5. The normalized spacial score (nSPS) is 11.4. The van der Waals surface area contributed by atoms with Gasteiger partial charge in [0.1, 0.15) is 22.9 Å². The van der Waals surface area contributed by atoms with Crippen molar-refractivity contribution in [2.24, 2.45) is 5.73 Å². The minimum Gasteiger partial charge on any atom is -0.497 e. The number of nitrogens with two attached hydrogens (primary N) is 1. The maximum absolute atomic E-state index is 12.8. The third-order valence-corrected chi connectivity index (χ3v) is 6.43. The van der Waals surface area contributed by atoms with E-state index in [4.69, 9.17) is 20.2 Å². The summed E-state index contributed by atoms with van der Waals surface area (Å²) in [4.78, 5) is 28.8. The van der Waals surface area contributed by atoms with E-state index in [-0.39, 0.29) is 5.91 Å². The first-order valence-electron chi connectivity index (χ1n) is 11.3. The van der Waals surface area contributed by atoms with Crippen LogP contribution in [0.3, 0.4) is 0 Å². The van der Waals surface area contributed by atoms with E-state index in [1.165, 1.54) is 11.8 Å². The first kappa shape index (κ1) is 25.6. The number of thioether (sulfide) groups is 1. The van der Waals surface area contributed by atoms with Gasteiger partial charge in [-0.2, -0.15) is 0 Å². The number of rotatable bonds is 9. The molecule has 0 aliphatic rings. The summed E-state index contributed by atoms with van der Waals surface area (Å²) in [5.41, 5.74) is 9.06. The molecule has 2 amide bonds. The fraction of sp³-hybridized carbons (Fsp3) is 0.148. The summed E-state index contributed by atoms with van der Waals surface area (Å²) < 4.78 is 10.5. The Morgan fingerprint density at radius 1 is 0.811 bits per heavy atom. The lowest BCUT2D eigenvalue weighted by Crippen LogP contribution is -2.23.